The lowest BCUT2D eigenvalue weighted by Crippen LogP contribution is -2.15. The Balaban J connectivity index is 2.13. The fourth-order valence-corrected chi connectivity index (χ4v) is 2.51. The molecule has 1 atom stereocenters. The van der Waals surface area contributed by atoms with Gasteiger partial charge in [0.1, 0.15) is 5.75 Å². The average Bonchev–Trinajstić information content (AvgIpc) is 2.45. The number of hydrogen-bond acceptors (Lipinski definition) is 2. The molecule has 0 aliphatic carbocycles. The smallest absolute Gasteiger partial charge is 0.115 e. The Morgan fingerprint density at radius 1 is 0.952 bits per heavy atom. The number of benzene rings is 2. The lowest BCUT2D eigenvalue weighted by molar-refractivity contribution is 0.475. The fraction of sp³-hybridized carbons (Fsp3) is 0.368. The zero-order chi connectivity index (χ0) is 15.5. The van der Waals surface area contributed by atoms with E-state index in [0.717, 1.165) is 6.42 Å². The average molecular weight is 283 g/mol. The summed E-state index contributed by atoms with van der Waals surface area (Å²) in [6, 6.07) is 16.2. The van der Waals surface area contributed by atoms with E-state index in [9.17, 15) is 5.11 Å². The maximum absolute atomic E-state index is 9.38. The first-order chi connectivity index (χ1) is 9.90. The molecular formula is C19H25NO. The van der Waals surface area contributed by atoms with Gasteiger partial charge in [-0.1, -0.05) is 57.2 Å². The van der Waals surface area contributed by atoms with Crippen molar-refractivity contribution in [1.82, 2.24) is 0 Å². The summed E-state index contributed by atoms with van der Waals surface area (Å²) in [4.78, 5) is 0. The molecule has 2 aromatic rings. The fourth-order valence-electron chi connectivity index (χ4n) is 2.51. The van der Waals surface area contributed by atoms with E-state index in [1.807, 2.05) is 12.1 Å². The van der Waals surface area contributed by atoms with Crippen LogP contribution in [0.25, 0.3) is 0 Å². The van der Waals surface area contributed by atoms with Gasteiger partial charge in [0.15, 0.2) is 0 Å². The van der Waals surface area contributed by atoms with Crippen LogP contribution in [-0.4, -0.2) is 11.7 Å². The summed E-state index contributed by atoms with van der Waals surface area (Å²) in [6.45, 7) is 7.27. The first-order valence-electron chi connectivity index (χ1n) is 7.48. The summed E-state index contributed by atoms with van der Waals surface area (Å²) in [5, 5.41) is 9.38. The summed E-state index contributed by atoms with van der Waals surface area (Å²) >= 11 is 0. The number of nitrogens with two attached hydrogens (primary N) is 1. The van der Waals surface area contributed by atoms with E-state index < -0.39 is 0 Å². The Bertz CT molecular complexity index is 564. The van der Waals surface area contributed by atoms with Crippen molar-refractivity contribution in [3.05, 3.63) is 65.2 Å². The zero-order valence-electron chi connectivity index (χ0n) is 13.1. The van der Waals surface area contributed by atoms with Crippen molar-refractivity contribution >= 4 is 0 Å². The Morgan fingerprint density at radius 3 is 2.00 bits per heavy atom. The molecule has 0 aliphatic heterocycles. The Morgan fingerprint density at radius 2 is 1.52 bits per heavy atom. The van der Waals surface area contributed by atoms with E-state index in [4.69, 9.17) is 5.73 Å². The second-order valence-electron chi connectivity index (χ2n) is 6.68. The van der Waals surface area contributed by atoms with Crippen LogP contribution in [0.15, 0.2) is 48.5 Å². The molecule has 2 rings (SSSR count). The topological polar surface area (TPSA) is 46.2 Å². The molecule has 0 fully saturated rings. The normalized spacial score (nSPS) is 13.1. The van der Waals surface area contributed by atoms with Crippen molar-refractivity contribution in [2.24, 2.45) is 5.73 Å². The van der Waals surface area contributed by atoms with Crippen molar-refractivity contribution in [2.75, 3.05) is 6.54 Å². The van der Waals surface area contributed by atoms with Crippen molar-refractivity contribution in [2.45, 2.75) is 38.5 Å². The van der Waals surface area contributed by atoms with Gasteiger partial charge in [-0.2, -0.15) is 0 Å². The molecular weight excluding hydrogens is 258 g/mol. The Labute approximate surface area is 127 Å². The highest BCUT2D eigenvalue weighted by molar-refractivity contribution is 5.32. The minimum absolute atomic E-state index is 0.183. The van der Waals surface area contributed by atoms with Gasteiger partial charge in [-0.25, -0.2) is 0 Å². The van der Waals surface area contributed by atoms with Gasteiger partial charge in [0.2, 0.25) is 0 Å². The van der Waals surface area contributed by atoms with Gasteiger partial charge < -0.3 is 10.8 Å². The largest absolute Gasteiger partial charge is 0.508 e. The number of aromatic hydroxyl groups is 1. The number of phenols is 1. The van der Waals surface area contributed by atoms with Crippen LogP contribution in [0.4, 0.5) is 0 Å². The van der Waals surface area contributed by atoms with Crippen LogP contribution in [-0.2, 0) is 11.8 Å². The first kappa shape index (κ1) is 15.6. The molecule has 2 aromatic carbocycles. The monoisotopic (exact) mass is 283 g/mol. The standard InChI is InChI=1S/C19H25NO/c1-19(2,3)17-8-4-14(5-9-17)12-16(13-20)15-6-10-18(21)11-7-15/h4-11,16,21H,12-13,20H2,1-3H3. The minimum atomic E-state index is 0.183. The lowest BCUT2D eigenvalue weighted by atomic mass is 9.85. The summed E-state index contributed by atoms with van der Waals surface area (Å²) in [6.07, 6.45) is 0.922. The van der Waals surface area contributed by atoms with Gasteiger partial charge >= 0.3 is 0 Å². The van der Waals surface area contributed by atoms with Gasteiger partial charge in [0, 0.05) is 5.92 Å². The van der Waals surface area contributed by atoms with E-state index in [1.54, 1.807) is 12.1 Å². The Hall–Kier alpha value is -1.80. The molecule has 3 N–H and O–H groups in total. The van der Waals surface area contributed by atoms with Gasteiger partial charge in [-0.05, 0) is 47.2 Å². The van der Waals surface area contributed by atoms with Gasteiger partial charge in [0.25, 0.3) is 0 Å². The van der Waals surface area contributed by atoms with Gasteiger partial charge in [0.05, 0.1) is 0 Å². The SMILES string of the molecule is CC(C)(C)c1ccc(CC(CN)c2ccc(O)cc2)cc1. The molecule has 21 heavy (non-hydrogen) atoms. The molecule has 0 amide bonds. The van der Waals surface area contributed by atoms with Crippen molar-refractivity contribution in [1.29, 1.82) is 0 Å². The van der Waals surface area contributed by atoms with Crippen molar-refractivity contribution < 1.29 is 5.11 Å². The van der Waals surface area contributed by atoms with Gasteiger partial charge in [-0.3, -0.25) is 0 Å². The quantitative estimate of drug-likeness (QED) is 0.891. The van der Waals surface area contributed by atoms with Crippen molar-refractivity contribution in [3.63, 3.8) is 0 Å². The third-order valence-corrected chi connectivity index (χ3v) is 3.95. The summed E-state index contributed by atoms with van der Waals surface area (Å²) in [7, 11) is 0. The summed E-state index contributed by atoms with van der Waals surface area (Å²) in [5.41, 5.74) is 9.93. The van der Waals surface area contributed by atoms with E-state index in [-0.39, 0.29) is 11.3 Å². The molecule has 0 bridgehead atoms. The summed E-state index contributed by atoms with van der Waals surface area (Å²) in [5.74, 6) is 0.579. The zero-order valence-corrected chi connectivity index (χ0v) is 13.1. The molecule has 0 saturated heterocycles. The van der Waals surface area contributed by atoms with Crippen molar-refractivity contribution in [3.8, 4) is 5.75 Å². The van der Waals surface area contributed by atoms with Gasteiger partial charge in [-0.15, -0.1) is 0 Å². The molecule has 0 heterocycles. The summed E-state index contributed by atoms with van der Waals surface area (Å²) < 4.78 is 0. The first-order valence-corrected chi connectivity index (χ1v) is 7.48. The second-order valence-corrected chi connectivity index (χ2v) is 6.68. The molecule has 0 aliphatic rings. The number of phenolic OH excluding ortho intramolecular Hbond substituents is 1. The van der Waals surface area contributed by atoms with E-state index in [1.165, 1.54) is 16.7 Å². The molecule has 0 aromatic heterocycles. The molecule has 0 spiro atoms. The minimum Gasteiger partial charge on any atom is -0.508 e. The predicted molar refractivity (Wildman–Crippen MR) is 88.7 cm³/mol. The molecule has 1 unspecified atom stereocenters. The van der Waals surface area contributed by atoms with Crippen LogP contribution in [0.1, 0.15) is 43.4 Å². The molecule has 0 radical (unpaired) electrons. The van der Waals surface area contributed by atoms with E-state index in [0.29, 0.717) is 12.3 Å². The maximum Gasteiger partial charge on any atom is 0.115 e. The Kier molecular flexibility index (Phi) is 4.69. The van der Waals surface area contributed by atoms with Crippen LogP contribution in [0.2, 0.25) is 0 Å². The highest BCUT2D eigenvalue weighted by atomic mass is 16.3. The molecule has 2 nitrogen and oxygen atoms in total. The van der Waals surface area contributed by atoms with Crippen LogP contribution < -0.4 is 5.73 Å². The third-order valence-electron chi connectivity index (χ3n) is 3.95. The highest BCUT2D eigenvalue weighted by Crippen LogP contribution is 2.25. The number of hydrogen-bond donors (Lipinski definition) is 2. The second kappa shape index (κ2) is 6.31. The van der Waals surface area contributed by atoms with Crippen LogP contribution in [0.5, 0.6) is 5.75 Å². The van der Waals surface area contributed by atoms with E-state index in [2.05, 4.69) is 45.0 Å². The molecule has 112 valence electrons. The predicted octanol–water partition coefficient (Wildman–Crippen LogP) is 3.97. The van der Waals surface area contributed by atoms with Crippen LogP contribution >= 0.6 is 0 Å². The van der Waals surface area contributed by atoms with Crippen LogP contribution in [0.3, 0.4) is 0 Å². The molecule has 2 heteroatoms. The molecule has 0 saturated carbocycles. The van der Waals surface area contributed by atoms with Crippen LogP contribution in [0, 0.1) is 0 Å². The lowest BCUT2D eigenvalue weighted by Gasteiger charge is -2.20. The number of rotatable bonds is 4. The third kappa shape index (κ3) is 4.08. The van der Waals surface area contributed by atoms with E-state index >= 15 is 0 Å². The maximum atomic E-state index is 9.38. The highest BCUT2D eigenvalue weighted by Gasteiger charge is 2.14.